The number of hydrogen-bond acceptors (Lipinski definition) is 5. The van der Waals surface area contributed by atoms with E-state index in [0.717, 1.165) is 17.5 Å². The van der Waals surface area contributed by atoms with Crippen molar-refractivity contribution >= 4 is 21.8 Å². The van der Waals surface area contributed by atoms with E-state index in [2.05, 4.69) is 5.10 Å². The Morgan fingerprint density at radius 1 is 1.22 bits per heavy atom. The number of fused-ring (bicyclic) bond motifs is 2. The molecule has 3 heterocycles. The Kier molecular flexibility index (Phi) is 4.96. The maximum atomic E-state index is 12.6. The second kappa shape index (κ2) is 6.81. The second-order valence-corrected chi connectivity index (χ2v) is 10.1. The van der Waals surface area contributed by atoms with Gasteiger partial charge in [-0.15, -0.1) is 0 Å². The van der Waals surface area contributed by atoms with Crippen LogP contribution in [0.2, 0.25) is 0 Å². The Hall–Kier alpha value is -2.10. The van der Waals surface area contributed by atoms with Crippen molar-refractivity contribution in [3.63, 3.8) is 0 Å². The molecule has 3 rings (SSSR count). The highest BCUT2D eigenvalue weighted by atomic mass is 32.2. The average Bonchev–Trinajstić information content (AvgIpc) is 2.94. The van der Waals surface area contributed by atoms with Crippen molar-refractivity contribution in [1.29, 1.82) is 0 Å². The average molecular weight is 398 g/mol. The van der Waals surface area contributed by atoms with Crippen LogP contribution < -0.4 is 0 Å². The summed E-state index contributed by atoms with van der Waals surface area (Å²) >= 11 is 0. The number of carbonyl (C=O) groups excluding carboxylic acids is 2. The first-order valence-corrected chi connectivity index (χ1v) is 11.0. The molecule has 1 aromatic rings. The lowest BCUT2D eigenvalue weighted by atomic mass is 9.72. The molecule has 0 N–H and O–H groups in total. The predicted octanol–water partition coefficient (Wildman–Crippen LogP) is -0.178. The number of amides is 3. The van der Waals surface area contributed by atoms with Gasteiger partial charge in [0, 0.05) is 70.8 Å². The fourth-order valence-electron chi connectivity index (χ4n) is 4.10. The molecule has 0 aliphatic carbocycles. The summed E-state index contributed by atoms with van der Waals surface area (Å²) < 4.78 is 24.9. The number of carbonyl (C=O) groups is 2. The number of rotatable bonds is 2. The number of sulfone groups is 1. The zero-order valence-corrected chi connectivity index (χ0v) is 17.1. The molecule has 0 unspecified atom stereocenters. The molecule has 0 bridgehead atoms. The molecule has 1 spiro atoms. The van der Waals surface area contributed by atoms with Crippen LogP contribution in [0.25, 0.3) is 0 Å². The van der Waals surface area contributed by atoms with E-state index >= 15 is 0 Å². The van der Waals surface area contributed by atoms with Crippen LogP contribution in [0.15, 0.2) is 6.20 Å². The molecule has 0 radical (unpaired) electrons. The number of piperidine rings is 1. The molecule has 1 aromatic heterocycles. The molecule has 1 saturated heterocycles. The van der Waals surface area contributed by atoms with E-state index in [1.807, 2.05) is 18.1 Å². The van der Waals surface area contributed by atoms with E-state index in [1.54, 1.807) is 28.6 Å². The predicted molar refractivity (Wildman–Crippen MR) is 99.9 cm³/mol. The molecule has 0 atom stereocenters. The van der Waals surface area contributed by atoms with Gasteiger partial charge >= 0.3 is 6.03 Å². The Bertz CT molecular complexity index is 853. The summed E-state index contributed by atoms with van der Waals surface area (Å²) in [5, 5.41) is 4.65. The topological polar surface area (TPSA) is 95.8 Å². The third-order valence-corrected chi connectivity index (χ3v) is 6.14. The molecule has 2 aliphatic rings. The molecular formula is C17H27N5O4S. The number of aryl methyl sites for hydroxylation is 1. The normalized spacial score (nSPS) is 19.1. The molecule has 0 saturated carbocycles. The first kappa shape index (κ1) is 19.7. The van der Waals surface area contributed by atoms with E-state index in [4.69, 9.17) is 0 Å². The summed E-state index contributed by atoms with van der Waals surface area (Å²) in [7, 11) is 1.92. The van der Waals surface area contributed by atoms with Crippen LogP contribution >= 0.6 is 0 Å². The van der Waals surface area contributed by atoms with Gasteiger partial charge in [-0.1, -0.05) is 0 Å². The maximum absolute atomic E-state index is 12.6. The van der Waals surface area contributed by atoms with Crippen LogP contribution in [0.5, 0.6) is 0 Å². The number of likely N-dealkylation sites (tertiary alicyclic amines) is 1. The van der Waals surface area contributed by atoms with Gasteiger partial charge in [-0.05, 0) is 12.8 Å². The Labute approximate surface area is 159 Å². The highest BCUT2D eigenvalue weighted by Gasteiger charge is 2.46. The van der Waals surface area contributed by atoms with Crippen LogP contribution in [0.3, 0.4) is 0 Å². The highest BCUT2D eigenvalue weighted by Crippen LogP contribution is 2.41. The lowest BCUT2D eigenvalue weighted by Crippen LogP contribution is -2.55. The summed E-state index contributed by atoms with van der Waals surface area (Å²) in [6.07, 6.45) is 4.36. The molecule has 27 heavy (non-hydrogen) atoms. The number of aromatic nitrogens is 2. The lowest BCUT2D eigenvalue weighted by molar-refractivity contribution is -0.131. The molecule has 150 valence electrons. The van der Waals surface area contributed by atoms with Crippen molar-refractivity contribution in [1.82, 2.24) is 24.5 Å². The lowest BCUT2D eigenvalue weighted by Gasteiger charge is -2.46. The van der Waals surface area contributed by atoms with E-state index < -0.39 is 15.6 Å². The fraction of sp³-hybridized carbons (Fsp3) is 0.706. The van der Waals surface area contributed by atoms with Gasteiger partial charge < -0.3 is 14.7 Å². The number of nitrogens with zero attached hydrogens (tertiary/aromatic N) is 5. The summed E-state index contributed by atoms with van der Waals surface area (Å²) in [6, 6.07) is -0.0214. The molecule has 3 amide bonds. The first-order valence-electron chi connectivity index (χ1n) is 8.95. The van der Waals surface area contributed by atoms with Crippen LogP contribution in [-0.4, -0.2) is 90.6 Å². The van der Waals surface area contributed by atoms with Gasteiger partial charge in [-0.2, -0.15) is 5.10 Å². The Morgan fingerprint density at radius 3 is 2.41 bits per heavy atom. The highest BCUT2D eigenvalue weighted by molar-refractivity contribution is 7.91. The largest absolute Gasteiger partial charge is 0.336 e. The van der Waals surface area contributed by atoms with Gasteiger partial charge in [0.25, 0.3) is 0 Å². The van der Waals surface area contributed by atoms with Crippen molar-refractivity contribution in [2.75, 3.05) is 45.7 Å². The van der Waals surface area contributed by atoms with Crippen molar-refractivity contribution in [3.8, 4) is 0 Å². The number of urea groups is 1. The second-order valence-electron chi connectivity index (χ2n) is 7.94. The minimum absolute atomic E-state index is 0.0214. The zero-order chi connectivity index (χ0) is 20.0. The van der Waals surface area contributed by atoms with Crippen LogP contribution in [0.1, 0.15) is 24.1 Å². The quantitative estimate of drug-likeness (QED) is 0.690. The smallest absolute Gasteiger partial charge is 0.319 e. The van der Waals surface area contributed by atoms with Crippen LogP contribution in [-0.2, 0) is 33.6 Å². The molecule has 9 nitrogen and oxygen atoms in total. The van der Waals surface area contributed by atoms with E-state index in [1.165, 1.54) is 0 Å². The molecular weight excluding hydrogens is 370 g/mol. The third kappa shape index (κ3) is 3.95. The third-order valence-electron chi connectivity index (χ3n) is 5.37. The van der Waals surface area contributed by atoms with Gasteiger partial charge in [0.15, 0.2) is 9.84 Å². The van der Waals surface area contributed by atoms with Gasteiger partial charge in [0.2, 0.25) is 5.91 Å². The molecule has 10 heteroatoms. The van der Waals surface area contributed by atoms with E-state index in [-0.39, 0.29) is 17.4 Å². The maximum Gasteiger partial charge on any atom is 0.319 e. The molecule has 2 aliphatic heterocycles. The van der Waals surface area contributed by atoms with E-state index in [9.17, 15) is 18.0 Å². The molecule has 1 fully saturated rings. The van der Waals surface area contributed by atoms with Crippen molar-refractivity contribution < 1.29 is 18.0 Å². The standard InChI is InChI=1S/C17H27N5O4S/c1-19(2)16(24)21-7-5-17(6-8-21)12-22(14(23)11-27(4,25)26)10-13-9-20(3)18-15(13)17/h9H,5-8,10-12H2,1-4H3. The van der Waals surface area contributed by atoms with Gasteiger partial charge in [0.05, 0.1) is 5.69 Å². The van der Waals surface area contributed by atoms with Crippen LogP contribution in [0.4, 0.5) is 4.79 Å². The monoisotopic (exact) mass is 397 g/mol. The Balaban J connectivity index is 1.86. The summed E-state index contributed by atoms with van der Waals surface area (Å²) in [6.45, 7) is 1.98. The zero-order valence-electron chi connectivity index (χ0n) is 16.3. The van der Waals surface area contributed by atoms with Crippen molar-refractivity contribution in [3.05, 3.63) is 17.5 Å². The fourth-order valence-corrected chi connectivity index (χ4v) is 4.73. The van der Waals surface area contributed by atoms with Crippen molar-refractivity contribution in [2.45, 2.75) is 24.8 Å². The minimum atomic E-state index is -3.39. The van der Waals surface area contributed by atoms with Gasteiger partial charge in [0.1, 0.15) is 5.75 Å². The van der Waals surface area contributed by atoms with Crippen LogP contribution in [0, 0.1) is 0 Å². The Morgan fingerprint density at radius 2 is 1.85 bits per heavy atom. The van der Waals surface area contributed by atoms with Gasteiger partial charge in [-0.25, -0.2) is 13.2 Å². The first-order chi connectivity index (χ1) is 12.5. The van der Waals surface area contributed by atoms with E-state index in [0.29, 0.717) is 39.0 Å². The number of hydrogen-bond donors (Lipinski definition) is 0. The minimum Gasteiger partial charge on any atom is -0.336 e. The van der Waals surface area contributed by atoms with Crippen molar-refractivity contribution in [2.24, 2.45) is 7.05 Å². The SMILES string of the molecule is CN(C)C(=O)N1CCC2(CC1)CN(C(=O)CS(C)(=O)=O)Cc1cn(C)nc12. The summed E-state index contributed by atoms with van der Waals surface area (Å²) in [5.74, 6) is -0.859. The summed E-state index contributed by atoms with van der Waals surface area (Å²) in [5.41, 5.74) is 1.59. The van der Waals surface area contributed by atoms with Gasteiger partial charge in [-0.3, -0.25) is 9.48 Å². The summed E-state index contributed by atoms with van der Waals surface area (Å²) in [4.78, 5) is 29.8. The molecule has 0 aromatic carbocycles.